The molecule has 0 aliphatic carbocycles. The lowest BCUT2D eigenvalue weighted by atomic mass is 10.2. The van der Waals surface area contributed by atoms with Crippen LogP contribution in [0.3, 0.4) is 0 Å². The van der Waals surface area contributed by atoms with Crippen molar-refractivity contribution in [3.8, 4) is 5.75 Å². The van der Waals surface area contributed by atoms with Gasteiger partial charge in [0.1, 0.15) is 12.4 Å². The zero-order chi connectivity index (χ0) is 21.2. The topological polar surface area (TPSA) is 98.1 Å². The molecule has 9 heteroatoms. The number of thioether (sulfide) groups is 1. The molecule has 156 valence electrons. The fourth-order valence-electron chi connectivity index (χ4n) is 2.33. The second kappa shape index (κ2) is 11.3. The van der Waals surface area contributed by atoms with Crippen LogP contribution in [0.5, 0.6) is 5.75 Å². The van der Waals surface area contributed by atoms with Crippen molar-refractivity contribution in [2.24, 2.45) is 5.92 Å². The molecule has 29 heavy (non-hydrogen) atoms. The van der Waals surface area contributed by atoms with Gasteiger partial charge >= 0.3 is 6.03 Å². The van der Waals surface area contributed by atoms with Crippen LogP contribution in [-0.4, -0.2) is 39.0 Å². The molecule has 1 heterocycles. The lowest BCUT2D eigenvalue weighted by Crippen LogP contribution is -2.41. The number of imide groups is 1. The van der Waals surface area contributed by atoms with Gasteiger partial charge in [0.2, 0.25) is 5.91 Å². The van der Waals surface area contributed by atoms with E-state index in [1.165, 1.54) is 11.8 Å². The Morgan fingerprint density at radius 1 is 1.34 bits per heavy atom. The zero-order valence-corrected chi connectivity index (χ0v) is 17.8. The van der Waals surface area contributed by atoms with E-state index in [0.29, 0.717) is 30.0 Å². The van der Waals surface area contributed by atoms with Crippen molar-refractivity contribution in [2.75, 3.05) is 12.3 Å². The molecule has 3 amide bonds. The second-order valence-corrected chi connectivity index (χ2v) is 7.79. The van der Waals surface area contributed by atoms with E-state index in [9.17, 15) is 9.59 Å². The zero-order valence-electron chi connectivity index (χ0n) is 17.0. The summed E-state index contributed by atoms with van der Waals surface area (Å²) in [5.41, 5.74) is 1.11. The first-order valence-electron chi connectivity index (χ1n) is 9.32. The maximum Gasteiger partial charge on any atom is 0.321 e. The molecule has 1 aromatic carbocycles. The van der Waals surface area contributed by atoms with Crippen LogP contribution in [-0.2, 0) is 17.9 Å². The van der Waals surface area contributed by atoms with Gasteiger partial charge < -0.3 is 10.1 Å². The number of hydrogen-bond acceptors (Lipinski definition) is 6. The molecule has 0 aliphatic rings. The van der Waals surface area contributed by atoms with Gasteiger partial charge in [0, 0.05) is 13.1 Å². The van der Waals surface area contributed by atoms with Gasteiger partial charge in [-0.1, -0.05) is 43.8 Å². The minimum atomic E-state index is -0.496. The van der Waals surface area contributed by atoms with Crippen molar-refractivity contribution in [1.29, 1.82) is 0 Å². The average molecular weight is 418 g/mol. The van der Waals surface area contributed by atoms with Crippen molar-refractivity contribution in [2.45, 2.75) is 39.1 Å². The molecule has 0 unspecified atom stereocenters. The first-order chi connectivity index (χ1) is 13.9. The molecule has 2 aromatic rings. The molecule has 0 spiro atoms. The van der Waals surface area contributed by atoms with Crippen LogP contribution in [0.4, 0.5) is 4.79 Å². The summed E-state index contributed by atoms with van der Waals surface area (Å²) in [6.07, 6.45) is 1.73. The van der Waals surface area contributed by atoms with Crippen LogP contribution in [0, 0.1) is 12.8 Å². The predicted octanol–water partition coefficient (Wildman–Crippen LogP) is 2.93. The van der Waals surface area contributed by atoms with Crippen LogP contribution >= 0.6 is 11.8 Å². The van der Waals surface area contributed by atoms with Crippen LogP contribution in [0.25, 0.3) is 0 Å². The number of carbonyl (C=O) groups is 2. The van der Waals surface area contributed by atoms with E-state index >= 15 is 0 Å². The smallest absolute Gasteiger partial charge is 0.321 e. The number of amides is 3. The molecule has 1 aromatic heterocycles. The molecule has 0 saturated heterocycles. The van der Waals surface area contributed by atoms with Gasteiger partial charge in [0.25, 0.3) is 0 Å². The molecule has 2 N–H and O–H groups in total. The Hall–Kier alpha value is -2.81. The second-order valence-electron chi connectivity index (χ2n) is 6.84. The fraction of sp³-hybridized carbons (Fsp3) is 0.400. The van der Waals surface area contributed by atoms with Gasteiger partial charge in [-0.2, -0.15) is 0 Å². The molecule has 2 rings (SSSR count). The lowest BCUT2D eigenvalue weighted by Gasteiger charge is -2.10. The maximum atomic E-state index is 12.0. The fourth-order valence-corrected chi connectivity index (χ4v) is 3.10. The number of nitrogens with zero attached hydrogens (tertiary/aromatic N) is 3. The normalized spacial score (nSPS) is 10.6. The highest BCUT2D eigenvalue weighted by Gasteiger charge is 2.15. The van der Waals surface area contributed by atoms with E-state index < -0.39 is 11.9 Å². The highest BCUT2D eigenvalue weighted by molar-refractivity contribution is 7.99. The largest absolute Gasteiger partial charge is 0.486 e. The molecule has 0 atom stereocenters. The summed E-state index contributed by atoms with van der Waals surface area (Å²) in [6, 6.07) is 7.25. The van der Waals surface area contributed by atoms with E-state index in [0.717, 1.165) is 11.3 Å². The van der Waals surface area contributed by atoms with E-state index in [4.69, 9.17) is 4.74 Å². The number of allylic oxidation sites excluding steroid dienone is 1. The Morgan fingerprint density at radius 3 is 2.83 bits per heavy atom. The summed E-state index contributed by atoms with van der Waals surface area (Å²) < 4.78 is 7.63. The maximum absolute atomic E-state index is 12.0. The summed E-state index contributed by atoms with van der Waals surface area (Å²) in [4.78, 5) is 23.7. The summed E-state index contributed by atoms with van der Waals surface area (Å²) in [5.74, 6) is 1.33. The predicted molar refractivity (Wildman–Crippen MR) is 113 cm³/mol. The summed E-state index contributed by atoms with van der Waals surface area (Å²) >= 11 is 1.20. The minimum absolute atomic E-state index is 0.0448. The monoisotopic (exact) mass is 417 g/mol. The Balaban J connectivity index is 1.92. The summed E-state index contributed by atoms with van der Waals surface area (Å²) in [7, 11) is 0. The van der Waals surface area contributed by atoms with Crippen LogP contribution < -0.4 is 15.4 Å². The summed E-state index contributed by atoms with van der Waals surface area (Å²) in [5, 5.41) is 13.8. The van der Waals surface area contributed by atoms with Crippen molar-refractivity contribution in [1.82, 2.24) is 25.4 Å². The molecule has 0 fully saturated rings. The van der Waals surface area contributed by atoms with Crippen LogP contribution in [0.1, 0.15) is 25.2 Å². The molecule has 0 bridgehead atoms. The van der Waals surface area contributed by atoms with E-state index in [1.807, 2.05) is 49.6 Å². The van der Waals surface area contributed by atoms with Crippen LogP contribution in [0.15, 0.2) is 42.1 Å². The van der Waals surface area contributed by atoms with Gasteiger partial charge in [-0.05, 0) is 30.5 Å². The first-order valence-corrected chi connectivity index (χ1v) is 10.3. The number of benzene rings is 1. The Kier molecular flexibility index (Phi) is 8.72. The Bertz CT molecular complexity index is 850. The standard InChI is InChI=1S/C20H27N5O3S/c1-5-9-25-17(12-28-16-8-6-7-15(4)10-16)23-24-20(25)29-13-18(26)22-19(27)21-11-14(2)3/h5-8,10,14H,1,9,11-13H2,2-4H3,(H2,21,22,26,27). The number of aryl methyl sites for hydroxylation is 1. The SMILES string of the molecule is C=CCn1c(COc2cccc(C)c2)nnc1SCC(=O)NC(=O)NCC(C)C. The van der Waals surface area contributed by atoms with E-state index in [2.05, 4.69) is 27.4 Å². The number of aromatic nitrogens is 3. The molecule has 0 saturated carbocycles. The lowest BCUT2D eigenvalue weighted by molar-refractivity contribution is -0.117. The third kappa shape index (κ3) is 7.61. The number of rotatable bonds is 10. The van der Waals surface area contributed by atoms with Crippen molar-refractivity contribution in [3.63, 3.8) is 0 Å². The van der Waals surface area contributed by atoms with Gasteiger partial charge in [-0.25, -0.2) is 4.79 Å². The Labute approximate surface area is 175 Å². The minimum Gasteiger partial charge on any atom is -0.486 e. The Morgan fingerprint density at radius 2 is 2.14 bits per heavy atom. The number of ether oxygens (including phenoxy) is 1. The highest BCUT2D eigenvalue weighted by atomic mass is 32.2. The third-order valence-corrected chi connectivity index (χ3v) is 4.69. The molecule has 8 nitrogen and oxygen atoms in total. The molecule has 0 aliphatic heterocycles. The number of nitrogens with one attached hydrogen (secondary N) is 2. The number of hydrogen-bond donors (Lipinski definition) is 2. The highest BCUT2D eigenvalue weighted by Crippen LogP contribution is 2.19. The van der Waals surface area contributed by atoms with Crippen LogP contribution in [0.2, 0.25) is 0 Å². The summed E-state index contributed by atoms with van der Waals surface area (Å²) in [6.45, 7) is 10.9. The van der Waals surface area contributed by atoms with Crippen molar-refractivity contribution in [3.05, 3.63) is 48.3 Å². The van der Waals surface area contributed by atoms with Gasteiger partial charge in [0.15, 0.2) is 11.0 Å². The van der Waals surface area contributed by atoms with E-state index in [-0.39, 0.29) is 12.4 Å². The quantitative estimate of drug-likeness (QED) is 0.456. The van der Waals surface area contributed by atoms with Crippen molar-refractivity contribution < 1.29 is 14.3 Å². The number of urea groups is 1. The average Bonchev–Trinajstić information content (AvgIpc) is 3.05. The molecular formula is C20H27N5O3S. The van der Waals surface area contributed by atoms with Gasteiger partial charge in [-0.3, -0.25) is 14.7 Å². The third-order valence-electron chi connectivity index (χ3n) is 3.72. The van der Waals surface area contributed by atoms with Gasteiger partial charge in [0.05, 0.1) is 5.75 Å². The first kappa shape index (κ1) is 22.5. The molecule has 0 radical (unpaired) electrons. The molecular weight excluding hydrogens is 390 g/mol. The van der Waals surface area contributed by atoms with E-state index in [1.54, 1.807) is 6.08 Å². The van der Waals surface area contributed by atoms with Gasteiger partial charge in [-0.15, -0.1) is 16.8 Å². The van der Waals surface area contributed by atoms with Crippen molar-refractivity contribution >= 4 is 23.7 Å². The number of carbonyl (C=O) groups excluding carboxylic acids is 2.